The van der Waals surface area contributed by atoms with E-state index in [1.54, 1.807) is 12.1 Å². The van der Waals surface area contributed by atoms with Gasteiger partial charge in [-0.15, -0.1) is 0 Å². The third-order valence-electron chi connectivity index (χ3n) is 6.95. The fourth-order valence-electron chi connectivity index (χ4n) is 4.67. The van der Waals surface area contributed by atoms with E-state index in [0.717, 1.165) is 26.4 Å². The van der Waals surface area contributed by atoms with Crippen LogP contribution in [0.4, 0.5) is 8.78 Å². The van der Waals surface area contributed by atoms with Gasteiger partial charge in [0.15, 0.2) is 12.6 Å². The first-order valence-corrected chi connectivity index (χ1v) is 17.7. The number of aldehydes is 2. The largest absolute Gasteiger partial charge is 0.298 e. The molecule has 0 spiro atoms. The molecule has 0 atom stereocenters. The number of halogens is 3. The quantitative estimate of drug-likeness (QED) is 0.134. The van der Waals surface area contributed by atoms with Crippen LogP contribution in [0.5, 0.6) is 0 Å². The van der Waals surface area contributed by atoms with Gasteiger partial charge in [-0.1, -0.05) is 24.3 Å². The Hall–Kier alpha value is -5.38. The number of hydrogen-bond acceptors (Lipinski definition) is 9. The van der Waals surface area contributed by atoms with E-state index in [4.69, 9.17) is 0 Å². The molecule has 0 N–H and O–H groups in total. The molecule has 0 saturated carbocycles. The fraction of sp³-hybridized carbons (Fsp3) is 0. The van der Waals surface area contributed by atoms with Crippen molar-refractivity contribution in [2.24, 2.45) is 0 Å². The molecule has 0 unspecified atom stereocenters. The first-order chi connectivity index (χ1) is 23.5. The Labute approximate surface area is 292 Å². The van der Waals surface area contributed by atoms with Crippen LogP contribution >= 0.6 is 22.6 Å². The molecule has 246 valence electrons. The molecule has 0 radical (unpaired) electrons. The van der Waals surface area contributed by atoms with Crippen molar-refractivity contribution in [1.29, 1.82) is 5.26 Å². The predicted molar refractivity (Wildman–Crippen MR) is 182 cm³/mol. The van der Waals surface area contributed by atoms with Gasteiger partial charge in [-0.2, -0.15) is 5.26 Å². The highest BCUT2D eigenvalue weighted by Gasteiger charge is 2.28. The van der Waals surface area contributed by atoms with Gasteiger partial charge in [-0.05, 0) is 71.1 Å². The van der Waals surface area contributed by atoms with Gasteiger partial charge in [0.25, 0.3) is 20.0 Å². The van der Waals surface area contributed by atoms with Crippen molar-refractivity contribution in [2.45, 2.75) is 9.79 Å². The lowest BCUT2D eigenvalue weighted by atomic mass is 10.1. The van der Waals surface area contributed by atoms with Gasteiger partial charge in [-0.25, -0.2) is 33.6 Å². The Morgan fingerprint density at radius 3 is 1.55 bits per heavy atom. The zero-order valence-electron chi connectivity index (χ0n) is 24.7. The Morgan fingerprint density at radius 2 is 1.12 bits per heavy atom. The summed E-state index contributed by atoms with van der Waals surface area (Å²) in [6.45, 7) is 0. The number of carbonyl (C=O) groups is 2. The first kappa shape index (κ1) is 34.9. The Kier molecular flexibility index (Phi) is 10.3. The number of nitrogens with zero attached hydrogens (tertiary/aromatic N) is 5. The lowest BCUT2D eigenvalue weighted by Gasteiger charge is -2.11. The molecule has 0 amide bonds. The number of aromatic nitrogens is 4. The van der Waals surface area contributed by atoms with E-state index in [2.05, 4.69) is 9.97 Å². The lowest BCUT2D eigenvalue weighted by Crippen LogP contribution is -2.14. The van der Waals surface area contributed by atoms with Gasteiger partial charge in [-0.3, -0.25) is 19.6 Å². The Morgan fingerprint density at radius 1 is 0.673 bits per heavy atom. The number of carbonyl (C=O) groups excluding carboxylic acids is 2. The number of pyridine rings is 2. The van der Waals surface area contributed by atoms with E-state index in [-0.39, 0.29) is 49.0 Å². The van der Waals surface area contributed by atoms with Crippen LogP contribution in [0.2, 0.25) is 0 Å². The second kappa shape index (κ2) is 14.4. The second-order valence-electron chi connectivity index (χ2n) is 9.84. The van der Waals surface area contributed by atoms with Crippen molar-refractivity contribution in [1.82, 2.24) is 17.9 Å². The zero-order valence-corrected chi connectivity index (χ0v) is 28.5. The molecule has 0 aliphatic rings. The highest BCUT2D eigenvalue weighted by molar-refractivity contribution is 14.1. The molecule has 6 aromatic rings. The molecule has 0 aliphatic heterocycles. The smallest absolute Gasteiger partial charge is 0.269 e. The maximum atomic E-state index is 14.3. The minimum absolute atomic E-state index is 0.0496. The molecule has 4 heterocycles. The molecule has 49 heavy (non-hydrogen) atoms. The van der Waals surface area contributed by atoms with E-state index in [0.29, 0.717) is 16.1 Å². The summed E-state index contributed by atoms with van der Waals surface area (Å²) in [4.78, 5) is 29.9. The third kappa shape index (κ3) is 6.68. The van der Waals surface area contributed by atoms with Gasteiger partial charge < -0.3 is 0 Å². The lowest BCUT2D eigenvalue weighted by molar-refractivity contribution is 0.111. The van der Waals surface area contributed by atoms with Gasteiger partial charge in [0, 0.05) is 53.9 Å². The maximum Gasteiger partial charge on any atom is 0.269 e. The van der Waals surface area contributed by atoms with E-state index < -0.39 is 31.7 Å². The van der Waals surface area contributed by atoms with E-state index in [1.165, 1.54) is 85.5 Å². The molecule has 0 fully saturated rings. The summed E-state index contributed by atoms with van der Waals surface area (Å²) in [5, 5.41) is 9.38. The minimum Gasteiger partial charge on any atom is -0.298 e. The summed E-state index contributed by atoms with van der Waals surface area (Å²) < 4.78 is 82.1. The zero-order chi connectivity index (χ0) is 35.3. The van der Waals surface area contributed by atoms with Crippen LogP contribution in [-0.4, -0.2) is 47.3 Å². The molecule has 4 aromatic heterocycles. The third-order valence-corrected chi connectivity index (χ3v) is 11.4. The molecular formula is C33H20F2IN5O6S2. The van der Waals surface area contributed by atoms with Crippen LogP contribution < -0.4 is 0 Å². The van der Waals surface area contributed by atoms with Gasteiger partial charge >= 0.3 is 0 Å². The van der Waals surface area contributed by atoms with Crippen LogP contribution in [0.1, 0.15) is 26.3 Å². The van der Waals surface area contributed by atoms with Gasteiger partial charge in [0.05, 0.1) is 26.1 Å². The molecule has 11 nitrogen and oxygen atoms in total. The summed E-state index contributed by atoms with van der Waals surface area (Å²) in [7, 11) is -8.20. The average Bonchev–Trinajstić information content (AvgIpc) is 3.67. The van der Waals surface area contributed by atoms with Crippen molar-refractivity contribution in [3.8, 4) is 28.6 Å². The number of nitriles is 1. The molecule has 16 heteroatoms. The monoisotopic (exact) mass is 811 g/mol. The van der Waals surface area contributed by atoms with Gasteiger partial charge in [0.1, 0.15) is 27.5 Å². The standard InChI is InChI=1S/C17H10FN3O3S.C16H10FIN2O3S/c18-16-6-2-1-5-14(16)17-15(8-19)12(11-22)10-21(17)25(23,24)13-4-3-7-20-9-13;17-14-6-2-1-5-13(14)16-15(18)11(10-21)9-20(16)24(22,23)12-4-3-7-19-8-12/h1-7,9-11H;1-10H. The van der Waals surface area contributed by atoms with Crippen molar-refractivity contribution in [3.63, 3.8) is 0 Å². The summed E-state index contributed by atoms with van der Waals surface area (Å²) in [5.74, 6) is -1.29. The highest BCUT2D eigenvalue weighted by Crippen LogP contribution is 2.34. The van der Waals surface area contributed by atoms with Crippen LogP contribution in [0.3, 0.4) is 0 Å². The molecular weight excluding hydrogens is 791 g/mol. The van der Waals surface area contributed by atoms with Crippen LogP contribution in [0, 0.1) is 26.5 Å². The van der Waals surface area contributed by atoms with Crippen molar-refractivity contribution in [3.05, 3.63) is 142 Å². The van der Waals surface area contributed by atoms with Gasteiger partial charge in [0.2, 0.25) is 0 Å². The Bertz CT molecular complexity index is 2460. The Balaban J connectivity index is 0.000000191. The molecule has 2 aromatic carbocycles. The highest BCUT2D eigenvalue weighted by atomic mass is 127. The number of benzene rings is 2. The number of hydrogen-bond donors (Lipinski definition) is 0. The summed E-state index contributed by atoms with van der Waals surface area (Å²) in [6, 6.07) is 18.7. The summed E-state index contributed by atoms with van der Waals surface area (Å²) in [6.07, 6.45) is 8.30. The molecule has 0 aliphatic carbocycles. The normalized spacial score (nSPS) is 11.2. The van der Waals surface area contributed by atoms with Crippen molar-refractivity contribution < 1.29 is 35.2 Å². The van der Waals surface area contributed by atoms with Crippen LogP contribution in [0.25, 0.3) is 22.5 Å². The summed E-state index contributed by atoms with van der Waals surface area (Å²) in [5.41, 5.74) is -0.282. The van der Waals surface area contributed by atoms with E-state index in [1.807, 2.05) is 22.6 Å². The molecule has 0 bridgehead atoms. The van der Waals surface area contributed by atoms with Crippen LogP contribution in [-0.2, 0) is 20.0 Å². The SMILES string of the molecule is N#Cc1c(C=O)cn(S(=O)(=O)c2cccnc2)c1-c1ccccc1F.O=Cc1cn(S(=O)(=O)c2cccnc2)c(-c2ccccc2F)c1I. The van der Waals surface area contributed by atoms with Crippen LogP contribution in [0.15, 0.2) is 120 Å². The van der Waals surface area contributed by atoms with E-state index in [9.17, 15) is 40.5 Å². The topological polar surface area (TPSA) is 162 Å². The average molecular weight is 812 g/mol. The molecule has 6 rings (SSSR count). The minimum atomic E-state index is -4.18. The van der Waals surface area contributed by atoms with Crippen molar-refractivity contribution >= 4 is 55.2 Å². The first-order valence-electron chi connectivity index (χ1n) is 13.7. The molecule has 0 saturated heterocycles. The van der Waals surface area contributed by atoms with E-state index >= 15 is 0 Å². The summed E-state index contributed by atoms with van der Waals surface area (Å²) >= 11 is 1.84. The number of rotatable bonds is 8. The predicted octanol–water partition coefficient (Wildman–Crippen LogP) is 5.95. The second-order valence-corrected chi connectivity index (χ2v) is 14.6. The maximum absolute atomic E-state index is 14.3. The van der Waals surface area contributed by atoms with Crippen molar-refractivity contribution in [2.75, 3.05) is 0 Å². The fourth-order valence-corrected chi connectivity index (χ4v) is 8.36.